The Balaban J connectivity index is 0.000000570. The number of piperidine rings is 2. The van der Waals surface area contributed by atoms with E-state index in [1.807, 2.05) is 27.7 Å². The van der Waals surface area contributed by atoms with Crippen molar-refractivity contribution in [1.82, 2.24) is 10.2 Å². The zero-order valence-corrected chi connectivity index (χ0v) is 17.6. The van der Waals surface area contributed by atoms with Crippen LogP contribution in [0.25, 0.3) is 0 Å². The fourth-order valence-corrected chi connectivity index (χ4v) is 4.54. The Morgan fingerprint density at radius 3 is 2.08 bits per heavy atom. The minimum absolute atomic E-state index is 0.625. The van der Waals surface area contributed by atoms with E-state index >= 15 is 0 Å². The molecule has 3 nitrogen and oxygen atoms in total. The van der Waals surface area contributed by atoms with Gasteiger partial charge in [0, 0.05) is 30.7 Å². The van der Waals surface area contributed by atoms with Gasteiger partial charge in [0.05, 0.1) is 0 Å². The van der Waals surface area contributed by atoms with E-state index in [4.69, 9.17) is 0 Å². The first-order chi connectivity index (χ1) is 12.8. The van der Waals surface area contributed by atoms with Crippen LogP contribution in [0.4, 0.5) is 5.69 Å². The Morgan fingerprint density at radius 2 is 1.50 bits per heavy atom. The summed E-state index contributed by atoms with van der Waals surface area (Å²) in [5, 5.41) is 3.48. The molecule has 1 N–H and O–H groups in total. The van der Waals surface area contributed by atoms with Gasteiger partial charge in [-0.1, -0.05) is 45.9 Å². The van der Waals surface area contributed by atoms with Gasteiger partial charge in [-0.15, -0.1) is 0 Å². The molecule has 3 fully saturated rings. The molecule has 3 aliphatic heterocycles. The van der Waals surface area contributed by atoms with Crippen LogP contribution in [0, 0.1) is 11.3 Å². The molecule has 0 unspecified atom stereocenters. The quantitative estimate of drug-likeness (QED) is 0.848. The predicted octanol–water partition coefficient (Wildman–Crippen LogP) is 4.64. The Morgan fingerprint density at radius 1 is 0.923 bits per heavy atom. The molecule has 0 saturated carbocycles. The monoisotopic (exact) mass is 359 g/mol. The van der Waals surface area contributed by atoms with Gasteiger partial charge in [0.1, 0.15) is 0 Å². The van der Waals surface area contributed by atoms with Crippen molar-refractivity contribution in [2.24, 2.45) is 11.3 Å². The number of nitrogens with zero attached hydrogens (tertiary/aromatic N) is 2. The molecule has 3 saturated heterocycles. The van der Waals surface area contributed by atoms with Crippen molar-refractivity contribution in [1.29, 1.82) is 0 Å². The lowest BCUT2D eigenvalue weighted by molar-refractivity contribution is 0.0641. The third-order valence-electron chi connectivity index (χ3n) is 6.07. The summed E-state index contributed by atoms with van der Waals surface area (Å²) in [6.45, 7) is 17.0. The maximum Gasteiger partial charge on any atom is 0.0366 e. The van der Waals surface area contributed by atoms with E-state index in [0.717, 1.165) is 5.92 Å². The van der Waals surface area contributed by atoms with E-state index in [2.05, 4.69) is 45.4 Å². The van der Waals surface area contributed by atoms with Crippen LogP contribution in [0.5, 0.6) is 0 Å². The molecule has 26 heavy (non-hydrogen) atoms. The van der Waals surface area contributed by atoms with Crippen molar-refractivity contribution in [2.75, 3.05) is 50.7 Å². The first-order valence-corrected chi connectivity index (χ1v) is 11.1. The second kappa shape index (κ2) is 10.9. The standard InChI is InChI=1S/C19H29N3.2C2H6/c1-2-4-18(5-3-1)22-15-19(16-22)8-12-21(13-9-19)14-17-6-10-20-11-7-17;2*1-2/h1-5,17,20H,6-16H2;2*1-2H3. The molecule has 1 spiro atoms. The number of hydrogen-bond acceptors (Lipinski definition) is 3. The summed E-state index contributed by atoms with van der Waals surface area (Å²) in [6.07, 6.45) is 5.56. The molecule has 3 heterocycles. The Bertz CT molecular complexity index is 465. The summed E-state index contributed by atoms with van der Waals surface area (Å²) >= 11 is 0. The van der Waals surface area contributed by atoms with E-state index in [9.17, 15) is 0 Å². The highest BCUT2D eigenvalue weighted by Crippen LogP contribution is 2.42. The van der Waals surface area contributed by atoms with Crippen LogP contribution in [0.3, 0.4) is 0 Å². The number of rotatable bonds is 3. The van der Waals surface area contributed by atoms with Crippen LogP contribution in [0.2, 0.25) is 0 Å². The predicted molar refractivity (Wildman–Crippen MR) is 115 cm³/mol. The number of benzene rings is 1. The first kappa shape index (κ1) is 21.2. The minimum atomic E-state index is 0.625. The third-order valence-corrected chi connectivity index (χ3v) is 6.07. The molecule has 4 rings (SSSR count). The highest BCUT2D eigenvalue weighted by molar-refractivity contribution is 5.49. The lowest BCUT2D eigenvalue weighted by Crippen LogP contribution is -2.60. The molecule has 148 valence electrons. The van der Waals surface area contributed by atoms with Crippen molar-refractivity contribution in [3.8, 4) is 0 Å². The van der Waals surface area contributed by atoms with Gasteiger partial charge in [-0.3, -0.25) is 0 Å². The largest absolute Gasteiger partial charge is 0.370 e. The van der Waals surface area contributed by atoms with Crippen LogP contribution >= 0.6 is 0 Å². The Hall–Kier alpha value is -1.06. The van der Waals surface area contributed by atoms with E-state index < -0.39 is 0 Å². The SMILES string of the molecule is CC.CC.c1ccc(N2CC3(CCN(CC4CCNCC4)CC3)C2)cc1. The van der Waals surface area contributed by atoms with Crippen LogP contribution in [0.15, 0.2) is 30.3 Å². The molecule has 0 radical (unpaired) electrons. The van der Waals surface area contributed by atoms with Gasteiger partial charge in [-0.05, 0) is 69.9 Å². The summed E-state index contributed by atoms with van der Waals surface area (Å²) in [7, 11) is 0. The van der Waals surface area contributed by atoms with Crippen LogP contribution in [-0.4, -0.2) is 50.7 Å². The summed E-state index contributed by atoms with van der Waals surface area (Å²) in [5.74, 6) is 0.942. The average Bonchev–Trinajstić information content (AvgIpc) is 2.71. The molecule has 1 aromatic carbocycles. The molecule has 0 amide bonds. The molecule has 3 aliphatic rings. The zero-order chi connectivity index (χ0) is 18.8. The van der Waals surface area contributed by atoms with Crippen molar-refractivity contribution < 1.29 is 0 Å². The number of anilines is 1. The lowest BCUT2D eigenvalue weighted by atomic mass is 9.71. The van der Waals surface area contributed by atoms with Crippen molar-refractivity contribution >= 4 is 5.69 Å². The summed E-state index contributed by atoms with van der Waals surface area (Å²) in [6, 6.07) is 10.9. The minimum Gasteiger partial charge on any atom is -0.370 e. The summed E-state index contributed by atoms with van der Waals surface area (Å²) < 4.78 is 0. The second-order valence-corrected chi connectivity index (χ2v) is 7.69. The smallest absolute Gasteiger partial charge is 0.0366 e. The molecule has 1 aromatic rings. The topological polar surface area (TPSA) is 18.5 Å². The average molecular weight is 360 g/mol. The van der Waals surface area contributed by atoms with Crippen LogP contribution < -0.4 is 10.2 Å². The lowest BCUT2D eigenvalue weighted by Gasteiger charge is -2.55. The number of nitrogens with one attached hydrogen (secondary N) is 1. The van der Waals surface area contributed by atoms with Gasteiger partial charge in [0.2, 0.25) is 0 Å². The summed E-state index contributed by atoms with van der Waals surface area (Å²) in [5.41, 5.74) is 2.03. The maximum atomic E-state index is 3.48. The molecule has 0 aliphatic carbocycles. The van der Waals surface area contributed by atoms with Crippen molar-refractivity contribution in [3.05, 3.63) is 30.3 Å². The first-order valence-electron chi connectivity index (χ1n) is 11.1. The van der Waals surface area contributed by atoms with E-state index in [0.29, 0.717) is 5.41 Å². The molecule has 0 aromatic heterocycles. The van der Waals surface area contributed by atoms with Crippen LogP contribution in [0.1, 0.15) is 53.4 Å². The van der Waals surface area contributed by atoms with Gasteiger partial charge < -0.3 is 15.1 Å². The van der Waals surface area contributed by atoms with Gasteiger partial charge in [0.15, 0.2) is 0 Å². The van der Waals surface area contributed by atoms with Gasteiger partial charge in [-0.2, -0.15) is 0 Å². The molecule has 3 heteroatoms. The molecule has 0 atom stereocenters. The normalized spacial score (nSPS) is 22.5. The van der Waals surface area contributed by atoms with E-state index in [-0.39, 0.29) is 0 Å². The number of likely N-dealkylation sites (tertiary alicyclic amines) is 1. The van der Waals surface area contributed by atoms with Gasteiger partial charge in [0.25, 0.3) is 0 Å². The van der Waals surface area contributed by atoms with Crippen molar-refractivity contribution in [2.45, 2.75) is 53.4 Å². The number of hydrogen-bond donors (Lipinski definition) is 1. The number of para-hydroxylation sites is 1. The highest BCUT2D eigenvalue weighted by Gasteiger charge is 2.44. The molecular formula is C23H41N3. The zero-order valence-electron chi connectivity index (χ0n) is 17.6. The fourth-order valence-electron chi connectivity index (χ4n) is 4.54. The highest BCUT2D eigenvalue weighted by atomic mass is 15.2. The van der Waals surface area contributed by atoms with Gasteiger partial charge >= 0.3 is 0 Å². The Kier molecular flexibility index (Phi) is 8.94. The molecule has 0 bridgehead atoms. The van der Waals surface area contributed by atoms with E-state index in [1.54, 1.807) is 0 Å². The van der Waals surface area contributed by atoms with E-state index in [1.165, 1.54) is 77.2 Å². The second-order valence-electron chi connectivity index (χ2n) is 7.69. The van der Waals surface area contributed by atoms with Crippen LogP contribution in [-0.2, 0) is 0 Å². The van der Waals surface area contributed by atoms with Crippen molar-refractivity contribution in [3.63, 3.8) is 0 Å². The molecular weight excluding hydrogens is 318 g/mol. The maximum absolute atomic E-state index is 3.48. The third kappa shape index (κ3) is 5.47. The summed E-state index contributed by atoms with van der Waals surface area (Å²) in [4.78, 5) is 5.30. The fraction of sp³-hybridized carbons (Fsp3) is 0.739. The van der Waals surface area contributed by atoms with Gasteiger partial charge in [-0.25, -0.2) is 0 Å². The Labute approximate surface area is 162 Å².